The second kappa shape index (κ2) is 10.4. The zero-order chi connectivity index (χ0) is 20.6. The molecule has 0 atom stereocenters. The number of nitrogens with one attached hydrogen (secondary N) is 1. The summed E-state index contributed by atoms with van der Waals surface area (Å²) in [6.45, 7) is 2.44. The molecular weight excluding hydrogens is 427 g/mol. The van der Waals surface area contributed by atoms with Gasteiger partial charge in [0.1, 0.15) is 12.4 Å². The lowest BCUT2D eigenvalue weighted by Gasteiger charge is -2.08. The molecule has 1 heterocycles. The molecule has 0 saturated carbocycles. The number of carbonyl (C=O) groups excluding carboxylic acids is 1. The fraction of sp³-hybridized carbons (Fsp3) is 0.182. The zero-order valence-corrected chi connectivity index (χ0v) is 18.2. The van der Waals surface area contributed by atoms with Crippen LogP contribution in [0.4, 0.5) is 0 Å². The molecule has 7 heteroatoms. The highest BCUT2D eigenvalue weighted by atomic mass is 35.5. The molecule has 1 amide bonds. The van der Waals surface area contributed by atoms with Crippen LogP contribution in [0.25, 0.3) is 0 Å². The standard InChI is InChI=1S/C22H20Cl2N2O2S/c1-2-4-20-10-17(14-29-20)22(27)26-25-12-15-5-3-6-19(9-15)28-13-16-7-8-18(23)11-21(16)24/h3,5-12,14H,2,4,13H2,1H3,(H,26,27)/b25-12-. The van der Waals surface area contributed by atoms with Gasteiger partial charge in [0, 0.05) is 25.9 Å². The van der Waals surface area contributed by atoms with Gasteiger partial charge >= 0.3 is 0 Å². The number of hydrogen-bond acceptors (Lipinski definition) is 4. The van der Waals surface area contributed by atoms with Gasteiger partial charge in [-0.25, -0.2) is 5.43 Å². The average Bonchev–Trinajstić information content (AvgIpc) is 3.17. The summed E-state index contributed by atoms with van der Waals surface area (Å²) in [4.78, 5) is 13.4. The third kappa shape index (κ3) is 6.32. The highest BCUT2D eigenvalue weighted by Gasteiger charge is 2.07. The molecule has 0 aliphatic rings. The second-order valence-electron chi connectivity index (χ2n) is 6.35. The van der Waals surface area contributed by atoms with Crippen molar-refractivity contribution in [3.05, 3.63) is 85.5 Å². The SMILES string of the molecule is CCCc1cc(C(=O)N/N=C\c2cccc(OCc3ccc(Cl)cc3Cl)c2)cs1. The predicted molar refractivity (Wildman–Crippen MR) is 121 cm³/mol. The molecule has 3 aromatic rings. The van der Waals surface area contributed by atoms with Crippen LogP contribution in [0.5, 0.6) is 5.75 Å². The number of halogens is 2. The minimum atomic E-state index is -0.218. The van der Waals surface area contributed by atoms with E-state index in [9.17, 15) is 4.79 Å². The van der Waals surface area contributed by atoms with Crippen molar-refractivity contribution in [1.29, 1.82) is 0 Å². The fourth-order valence-electron chi connectivity index (χ4n) is 2.59. The third-order valence-corrected chi connectivity index (χ3v) is 5.64. The number of thiophene rings is 1. The second-order valence-corrected chi connectivity index (χ2v) is 8.19. The molecule has 1 N–H and O–H groups in total. The van der Waals surface area contributed by atoms with Crippen molar-refractivity contribution in [2.75, 3.05) is 0 Å². The summed E-state index contributed by atoms with van der Waals surface area (Å²) in [5, 5.41) is 7.05. The molecule has 0 aliphatic carbocycles. The van der Waals surface area contributed by atoms with Gasteiger partial charge in [-0.1, -0.05) is 54.7 Å². The molecule has 150 valence electrons. The van der Waals surface area contributed by atoms with E-state index in [1.807, 2.05) is 41.8 Å². The van der Waals surface area contributed by atoms with Crippen LogP contribution < -0.4 is 10.2 Å². The van der Waals surface area contributed by atoms with Gasteiger partial charge in [-0.05, 0) is 42.3 Å². The lowest BCUT2D eigenvalue weighted by molar-refractivity contribution is 0.0955. The summed E-state index contributed by atoms with van der Waals surface area (Å²) >= 11 is 13.7. The van der Waals surface area contributed by atoms with Crippen molar-refractivity contribution in [1.82, 2.24) is 5.43 Å². The molecule has 0 aliphatic heterocycles. The number of benzene rings is 2. The van der Waals surface area contributed by atoms with Gasteiger partial charge in [-0.3, -0.25) is 4.79 Å². The summed E-state index contributed by atoms with van der Waals surface area (Å²) in [5.74, 6) is 0.456. The largest absolute Gasteiger partial charge is 0.489 e. The van der Waals surface area contributed by atoms with E-state index in [-0.39, 0.29) is 5.91 Å². The Morgan fingerprint density at radius 2 is 2.07 bits per heavy atom. The van der Waals surface area contributed by atoms with Crippen molar-refractivity contribution >= 4 is 46.7 Å². The van der Waals surface area contributed by atoms with Crippen molar-refractivity contribution in [2.24, 2.45) is 5.10 Å². The molecule has 1 aromatic heterocycles. The number of rotatable bonds is 8. The monoisotopic (exact) mass is 446 g/mol. The first-order valence-corrected chi connectivity index (χ1v) is 10.8. The summed E-state index contributed by atoms with van der Waals surface area (Å²) in [6, 6.07) is 14.6. The molecule has 4 nitrogen and oxygen atoms in total. The van der Waals surface area contributed by atoms with E-state index in [4.69, 9.17) is 27.9 Å². The third-order valence-electron chi connectivity index (χ3n) is 4.06. The van der Waals surface area contributed by atoms with Gasteiger partial charge < -0.3 is 4.74 Å². The number of amides is 1. The van der Waals surface area contributed by atoms with Gasteiger partial charge in [0.15, 0.2) is 0 Å². The molecule has 0 spiro atoms. The molecule has 0 unspecified atom stereocenters. The van der Waals surface area contributed by atoms with E-state index in [0.29, 0.717) is 28.0 Å². The van der Waals surface area contributed by atoms with Gasteiger partial charge in [0.05, 0.1) is 11.8 Å². The predicted octanol–water partition coefficient (Wildman–Crippen LogP) is 6.35. The summed E-state index contributed by atoms with van der Waals surface area (Å²) in [6.07, 6.45) is 3.62. The quantitative estimate of drug-likeness (QED) is 0.323. The molecule has 29 heavy (non-hydrogen) atoms. The van der Waals surface area contributed by atoms with E-state index in [1.54, 1.807) is 29.7 Å². The Bertz CT molecular complexity index is 1020. The lowest BCUT2D eigenvalue weighted by Crippen LogP contribution is -2.16. The van der Waals surface area contributed by atoms with Crippen LogP contribution in [-0.4, -0.2) is 12.1 Å². The van der Waals surface area contributed by atoms with E-state index < -0.39 is 0 Å². The molecular formula is C22H20Cl2N2O2S. The topological polar surface area (TPSA) is 50.7 Å². The number of carbonyl (C=O) groups is 1. The van der Waals surface area contributed by atoms with Gasteiger partial charge in [-0.15, -0.1) is 11.3 Å². The highest BCUT2D eigenvalue weighted by molar-refractivity contribution is 7.10. The molecule has 0 fully saturated rings. The Labute approximate surface area is 184 Å². The maximum absolute atomic E-state index is 12.2. The Hall–Kier alpha value is -2.34. The summed E-state index contributed by atoms with van der Waals surface area (Å²) in [7, 11) is 0. The minimum absolute atomic E-state index is 0.218. The number of hydrogen-bond donors (Lipinski definition) is 1. The normalized spacial score (nSPS) is 11.0. The van der Waals surface area contributed by atoms with Crippen LogP contribution in [-0.2, 0) is 13.0 Å². The molecule has 3 rings (SSSR count). The average molecular weight is 447 g/mol. The van der Waals surface area contributed by atoms with Crippen LogP contribution in [0.3, 0.4) is 0 Å². The zero-order valence-electron chi connectivity index (χ0n) is 15.8. The molecule has 0 saturated heterocycles. The molecule has 2 aromatic carbocycles. The molecule has 0 bridgehead atoms. The first kappa shape index (κ1) is 21.4. The van der Waals surface area contributed by atoms with Crippen LogP contribution in [0.2, 0.25) is 10.0 Å². The van der Waals surface area contributed by atoms with E-state index in [0.717, 1.165) is 24.0 Å². The number of hydrazone groups is 1. The Morgan fingerprint density at radius 1 is 1.21 bits per heavy atom. The highest BCUT2D eigenvalue weighted by Crippen LogP contribution is 2.23. The van der Waals surface area contributed by atoms with Crippen molar-refractivity contribution in [2.45, 2.75) is 26.4 Å². The minimum Gasteiger partial charge on any atom is -0.489 e. The van der Waals surface area contributed by atoms with Crippen LogP contribution in [0.1, 0.15) is 39.7 Å². The van der Waals surface area contributed by atoms with Crippen molar-refractivity contribution in [3.63, 3.8) is 0 Å². The van der Waals surface area contributed by atoms with Crippen molar-refractivity contribution in [3.8, 4) is 5.75 Å². The summed E-state index contributed by atoms with van der Waals surface area (Å²) < 4.78 is 5.80. The number of nitrogens with zero attached hydrogens (tertiary/aromatic N) is 1. The van der Waals surface area contributed by atoms with Gasteiger partial charge in [0.2, 0.25) is 0 Å². The van der Waals surface area contributed by atoms with Gasteiger partial charge in [0.25, 0.3) is 5.91 Å². The maximum atomic E-state index is 12.2. The molecule has 0 radical (unpaired) electrons. The van der Waals surface area contributed by atoms with Crippen LogP contribution in [0.15, 0.2) is 59.0 Å². The number of ether oxygens (including phenoxy) is 1. The first-order valence-electron chi connectivity index (χ1n) is 9.12. The Balaban J connectivity index is 1.56. The lowest BCUT2D eigenvalue weighted by atomic mass is 10.2. The van der Waals surface area contributed by atoms with Crippen LogP contribution >= 0.6 is 34.5 Å². The number of aryl methyl sites for hydroxylation is 1. The van der Waals surface area contributed by atoms with E-state index in [2.05, 4.69) is 17.5 Å². The summed E-state index contributed by atoms with van der Waals surface area (Å²) in [5.41, 5.74) is 4.85. The Morgan fingerprint density at radius 3 is 2.86 bits per heavy atom. The first-order chi connectivity index (χ1) is 14.0. The maximum Gasteiger partial charge on any atom is 0.272 e. The van der Waals surface area contributed by atoms with Gasteiger partial charge in [-0.2, -0.15) is 5.10 Å². The van der Waals surface area contributed by atoms with E-state index in [1.165, 1.54) is 4.88 Å². The fourth-order valence-corrected chi connectivity index (χ4v) is 4.03. The van der Waals surface area contributed by atoms with Crippen LogP contribution in [0, 0.1) is 0 Å². The smallest absolute Gasteiger partial charge is 0.272 e. The Kier molecular flexibility index (Phi) is 7.69. The van der Waals surface area contributed by atoms with Crippen molar-refractivity contribution < 1.29 is 9.53 Å². The van der Waals surface area contributed by atoms with E-state index >= 15 is 0 Å².